The molecule has 19 heavy (non-hydrogen) atoms. The number of carbonyl (C=O) groups is 1. The highest BCUT2D eigenvalue weighted by atomic mass is 35.5. The maximum absolute atomic E-state index is 11.5. The fourth-order valence-electron chi connectivity index (χ4n) is 1.73. The van der Waals surface area contributed by atoms with Gasteiger partial charge in [-0.25, -0.2) is 0 Å². The fraction of sp³-hybridized carbons (Fsp3) is 0.462. The normalized spacial score (nSPS) is 12.5. The summed E-state index contributed by atoms with van der Waals surface area (Å²) in [5.74, 6) is -0.272. The van der Waals surface area contributed by atoms with E-state index in [4.69, 9.17) is 27.8 Å². The predicted molar refractivity (Wildman–Crippen MR) is 78.5 cm³/mol. The maximum Gasteiger partial charge on any atom is 0.250 e. The second kappa shape index (κ2) is 6.63. The summed E-state index contributed by atoms with van der Waals surface area (Å²) in [4.78, 5) is 11.5. The maximum atomic E-state index is 11.5. The highest BCUT2D eigenvalue weighted by Crippen LogP contribution is 2.30. The summed E-state index contributed by atoms with van der Waals surface area (Å²) in [5, 5.41) is 3.58. The van der Waals surface area contributed by atoms with Crippen LogP contribution in [0.25, 0.3) is 0 Å². The molecule has 0 saturated heterocycles. The van der Waals surface area contributed by atoms with E-state index >= 15 is 0 Å². The second-order valence-electron chi connectivity index (χ2n) is 4.74. The van der Waals surface area contributed by atoms with E-state index in [9.17, 15) is 4.79 Å². The predicted octanol–water partition coefficient (Wildman–Crippen LogP) is 2.10. The first kappa shape index (κ1) is 15.6. The van der Waals surface area contributed by atoms with Crippen LogP contribution in [0.5, 0.6) is 0 Å². The molecule has 0 aliphatic heterocycles. The number of nitrogen functional groups attached to an aromatic ring is 1. The minimum atomic E-state index is -0.573. The number of rotatable bonds is 6. The number of benzene rings is 1. The van der Waals surface area contributed by atoms with Gasteiger partial charge in [0.25, 0.3) is 5.91 Å². The molecule has 0 bridgehead atoms. The van der Waals surface area contributed by atoms with Crippen LogP contribution in [-0.2, 0) is 4.74 Å². The number of halogens is 1. The molecule has 0 saturated carbocycles. The van der Waals surface area contributed by atoms with Crippen molar-refractivity contribution in [2.75, 3.05) is 24.8 Å². The van der Waals surface area contributed by atoms with E-state index in [0.29, 0.717) is 28.9 Å². The van der Waals surface area contributed by atoms with Gasteiger partial charge in [-0.05, 0) is 18.1 Å². The van der Waals surface area contributed by atoms with E-state index in [1.807, 2.05) is 13.8 Å². The number of amides is 1. The Kier molecular flexibility index (Phi) is 5.44. The molecule has 1 rings (SSSR count). The third-order valence-corrected chi connectivity index (χ3v) is 3.16. The number of nitrogens with two attached hydrogens (primary N) is 2. The lowest BCUT2D eigenvalue weighted by atomic mass is 10.0. The van der Waals surface area contributed by atoms with Crippen LogP contribution < -0.4 is 16.8 Å². The fourth-order valence-corrected chi connectivity index (χ4v) is 2.02. The highest BCUT2D eigenvalue weighted by Gasteiger charge is 2.19. The Morgan fingerprint density at radius 3 is 2.58 bits per heavy atom. The van der Waals surface area contributed by atoms with Crippen molar-refractivity contribution in [1.29, 1.82) is 0 Å². The molecule has 0 spiro atoms. The summed E-state index contributed by atoms with van der Waals surface area (Å²) in [7, 11) is 1.62. The zero-order valence-electron chi connectivity index (χ0n) is 11.4. The van der Waals surface area contributed by atoms with E-state index in [2.05, 4.69) is 5.32 Å². The van der Waals surface area contributed by atoms with Gasteiger partial charge in [-0.15, -0.1) is 0 Å². The zero-order chi connectivity index (χ0) is 14.6. The molecular formula is C13H20ClN3O2. The monoisotopic (exact) mass is 285 g/mol. The Hall–Kier alpha value is -1.46. The van der Waals surface area contributed by atoms with Crippen LogP contribution in [0.1, 0.15) is 24.2 Å². The van der Waals surface area contributed by atoms with E-state index in [1.165, 1.54) is 6.07 Å². The van der Waals surface area contributed by atoms with Gasteiger partial charge in [-0.1, -0.05) is 25.4 Å². The molecule has 1 atom stereocenters. The third kappa shape index (κ3) is 4.01. The number of primary amides is 1. The van der Waals surface area contributed by atoms with Crippen LogP contribution in [-0.4, -0.2) is 25.7 Å². The Morgan fingerprint density at radius 2 is 2.11 bits per heavy atom. The molecule has 1 aromatic rings. The van der Waals surface area contributed by atoms with Gasteiger partial charge in [0.2, 0.25) is 0 Å². The van der Waals surface area contributed by atoms with E-state index in [0.717, 1.165) is 0 Å². The SMILES string of the molecule is COCC(Nc1c(Cl)cc(N)cc1C(N)=O)C(C)C. The largest absolute Gasteiger partial charge is 0.399 e. The van der Waals surface area contributed by atoms with Gasteiger partial charge >= 0.3 is 0 Å². The van der Waals surface area contributed by atoms with Crippen molar-refractivity contribution in [3.8, 4) is 0 Å². The average Bonchev–Trinajstić information content (AvgIpc) is 2.30. The summed E-state index contributed by atoms with van der Waals surface area (Å²) >= 11 is 6.14. The van der Waals surface area contributed by atoms with Crippen LogP contribution in [0.4, 0.5) is 11.4 Å². The summed E-state index contributed by atoms with van der Waals surface area (Å²) < 4.78 is 5.15. The molecule has 1 amide bonds. The van der Waals surface area contributed by atoms with E-state index in [-0.39, 0.29) is 11.6 Å². The molecule has 6 heteroatoms. The van der Waals surface area contributed by atoms with Gasteiger partial charge in [-0.3, -0.25) is 4.79 Å². The summed E-state index contributed by atoms with van der Waals surface area (Å²) in [6.07, 6.45) is 0. The number of carbonyl (C=O) groups excluding carboxylic acids is 1. The van der Waals surface area contributed by atoms with Crippen molar-refractivity contribution in [2.24, 2.45) is 11.7 Å². The van der Waals surface area contributed by atoms with Crippen molar-refractivity contribution in [3.63, 3.8) is 0 Å². The first-order valence-corrected chi connectivity index (χ1v) is 6.39. The molecule has 5 N–H and O–H groups in total. The van der Waals surface area contributed by atoms with Crippen LogP contribution in [0.15, 0.2) is 12.1 Å². The molecule has 0 aliphatic carbocycles. The van der Waals surface area contributed by atoms with Crippen LogP contribution >= 0.6 is 11.6 Å². The average molecular weight is 286 g/mol. The number of ether oxygens (including phenoxy) is 1. The Bertz CT molecular complexity index is 463. The van der Waals surface area contributed by atoms with Gasteiger partial charge in [0, 0.05) is 12.8 Å². The van der Waals surface area contributed by atoms with Crippen LogP contribution in [0.2, 0.25) is 5.02 Å². The zero-order valence-corrected chi connectivity index (χ0v) is 12.1. The molecule has 0 aliphatic rings. The van der Waals surface area contributed by atoms with Crippen molar-refractivity contribution >= 4 is 28.9 Å². The van der Waals surface area contributed by atoms with Gasteiger partial charge in [0.15, 0.2) is 0 Å². The summed E-state index contributed by atoms with van der Waals surface area (Å²) in [5.41, 5.74) is 12.2. The summed E-state index contributed by atoms with van der Waals surface area (Å²) in [6, 6.07) is 3.12. The first-order valence-electron chi connectivity index (χ1n) is 6.01. The quantitative estimate of drug-likeness (QED) is 0.698. The van der Waals surface area contributed by atoms with Gasteiger partial charge in [-0.2, -0.15) is 0 Å². The lowest BCUT2D eigenvalue weighted by molar-refractivity contribution is 0.100. The molecule has 0 heterocycles. The first-order chi connectivity index (χ1) is 8.86. The standard InChI is InChI=1S/C13H20ClN3O2/c1-7(2)11(6-19-3)17-12-9(13(16)18)4-8(15)5-10(12)14/h4-5,7,11,17H,6,15H2,1-3H3,(H2,16,18). The van der Waals surface area contributed by atoms with Crippen molar-refractivity contribution < 1.29 is 9.53 Å². The summed E-state index contributed by atoms with van der Waals surface area (Å²) in [6.45, 7) is 4.59. The number of hydrogen-bond donors (Lipinski definition) is 3. The van der Waals surface area contributed by atoms with Crippen LogP contribution in [0.3, 0.4) is 0 Å². The smallest absolute Gasteiger partial charge is 0.250 e. The molecule has 5 nitrogen and oxygen atoms in total. The lowest BCUT2D eigenvalue weighted by Crippen LogP contribution is -2.31. The number of methoxy groups -OCH3 is 1. The molecule has 1 unspecified atom stereocenters. The Balaban J connectivity index is 3.14. The second-order valence-corrected chi connectivity index (χ2v) is 5.15. The minimum absolute atomic E-state index is 0.0178. The Labute approximate surface area is 118 Å². The molecular weight excluding hydrogens is 266 g/mol. The van der Waals surface area contributed by atoms with Crippen molar-refractivity contribution in [2.45, 2.75) is 19.9 Å². The van der Waals surface area contributed by atoms with Gasteiger partial charge < -0.3 is 21.5 Å². The van der Waals surface area contributed by atoms with E-state index < -0.39 is 5.91 Å². The molecule has 0 fully saturated rings. The van der Waals surface area contributed by atoms with Crippen molar-refractivity contribution in [1.82, 2.24) is 0 Å². The highest BCUT2D eigenvalue weighted by molar-refractivity contribution is 6.34. The van der Waals surface area contributed by atoms with E-state index in [1.54, 1.807) is 13.2 Å². The van der Waals surface area contributed by atoms with Gasteiger partial charge in [0.05, 0.1) is 28.9 Å². The number of hydrogen-bond acceptors (Lipinski definition) is 4. The molecule has 1 aromatic carbocycles. The number of anilines is 2. The molecule has 106 valence electrons. The Morgan fingerprint density at radius 1 is 1.47 bits per heavy atom. The van der Waals surface area contributed by atoms with Gasteiger partial charge in [0.1, 0.15) is 0 Å². The minimum Gasteiger partial charge on any atom is -0.399 e. The molecule has 0 aromatic heterocycles. The number of nitrogens with one attached hydrogen (secondary N) is 1. The lowest BCUT2D eigenvalue weighted by Gasteiger charge is -2.24. The molecule has 0 radical (unpaired) electrons. The topological polar surface area (TPSA) is 90.4 Å². The van der Waals surface area contributed by atoms with Crippen molar-refractivity contribution in [3.05, 3.63) is 22.7 Å². The van der Waals surface area contributed by atoms with Crippen LogP contribution in [0, 0.1) is 5.92 Å². The third-order valence-electron chi connectivity index (χ3n) is 2.86.